The van der Waals surface area contributed by atoms with Crippen LogP contribution in [0.5, 0.6) is 0 Å². The monoisotopic (exact) mass is 288 g/mol. The summed E-state index contributed by atoms with van der Waals surface area (Å²) in [6.07, 6.45) is 1.64. The quantitative estimate of drug-likeness (QED) is 0.806. The van der Waals surface area contributed by atoms with Crippen LogP contribution < -0.4 is 11.2 Å². The van der Waals surface area contributed by atoms with E-state index in [2.05, 4.69) is 16.8 Å². The topological polar surface area (TPSA) is 75.1 Å². The Morgan fingerprint density at radius 3 is 2.76 bits per heavy atom. The normalized spacial score (nSPS) is 10.0. The lowest BCUT2D eigenvalue weighted by molar-refractivity contribution is 0.305. The van der Waals surface area contributed by atoms with Gasteiger partial charge in [0.15, 0.2) is 0 Å². The van der Waals surface area contributed by atoms with Crippen molar-refractivity contribution in [2.24, 2.45) is 0 Å². The van der Waals surface area contributed by atoms with Crippen molar-refractivity contribution in [1.82, 2.24) is 9.55 Å². The second kappa shape index (κ2) is 6.68. The highest BCUT2D eigenvalue weighted by Crippen LogP contribution is 2.10. The summed E-state index contributed by atoms with van der Waals surface area (Å²) in [5, 5.41) is 8.62. The highest BCUT2D eigenvalue weighted by atomic mass is 19.1. The lowest BCUT2D eigenvalue weighted by atomic mass is 10.1. The largest absolute Gasteiger partial charge is 0.395 e. The first-order valence-electron chi connectivity index (χ1n) is 6.28. The summed E-state index contributed by atoms with van der Waals surface area (Å²) in [6.45, 7) is -0.0194. The molecule has 2 N–H and O–H groups in total. The molecule has 0 fully saturated rings. The molecule has 5 nitrogen and oxygen atoms in total. The zero-order valence-corrected chi connectivity index (χ0v) is 11.1. The third-order valence-electron chi connectivity index (χ3n) is 2.76. The van der Waals surface area contributed by atoms with Crippen LogP contribution in [0.2, 0.25) is 0 Å². The average Bonchev–Trinajstić information content (AvgIpc) is 2.44. The van der Waals surface area contributed by atoms with Crippen LogP contribution in [0, 0.1) is 17.7 Å². The summed E-state index contributed by atoms with van der Waals surface area (Å²) in [7, 11) is 0. The van der Waals surface area contributed by atoms with E-state index in [1.807, 2.05) is 0 Å². The molecule has 0 radical (unpaired) electrons. The van der Waals surface area contributed by atoms with E-state index >= 15 is 0 Å². The first-order valence-corrected chi connectivity index (χ1v) is 6.28. The van der Waals surface area contributed by atoms with Gasteiger partial charge in [-0.05, 0) is 12.1 Å². The van der Waals surface area contributed by atoms with Crippen molar-refractivity contribution >= 4 is 0 Å². The molecule has 21 heavy (non-hydrogen) atoms. The van der Waals surface area contributed by atoms with Gasteiger partial charge >= 0.3 is 5.69 Å². The van der Waals surface area contributed by atoms with Gasteiger partial charge in [-0.25, -0.2) is 9.18 Å². The maximum absolute atomic E-state index is 14.0. The third-order valence-corrected chi connectivity index (χ3v) is 2.76. The Bertz CT molecular complexity index is 812. The van der Waals surface area contributed by atoms with E-state index in [0.717, 1.165) is 0 Å². The van der Waals surface area contributed by atoms with Gasteiger partial charge in [0, 0.05) is 29.8 Å². The second-order valence-corrected chi connectivity index (χ2v) is 4.32. The van der Waals surface area contributed by atoms with E-state index in [-0.39, 0.29) is 13.2 Å². The molecule has 0 spiro atoms. The number of benzene rings is 1. The molecule has 1 aromatic heterocycles. The minimum absolute atomic E-state index is 0.0196. The summed E-state index contributed by atoms with van der Waals surface area (Å²) in [6, 6.07) is 5.65. The molecule has 0 aliphatic heterocycles. The van der Waals surface area contributed by atoms with Crippen molar-refractivity contribution < 1.29 is 9.50 Å². The molecular formula is C15H13FN2O3. The molecule has 0 aliphatic rings. The minimum Gasteiger partial charge on any atom is -0.395 e. The van der Waals surface area contributed by atoms with Gasteiger partial charge < -0.3 is 5.11 Å². The number of H-pyrrole nitrogens is 1. The van der Waals surface area contributed by atoms with Crippen molar-refractivity contribution in [3.8, 4) is 11.8 Å². The summed E-state index contributed by atoms with van der Waals surface area (Å²) in [4.78, 5) is 24.6. The van der Waals surface area contributed by atoms with Gasteiger partial charge in [-0.3, -0.25) is 14.3 Å². The summed E-state index contributed by atoms with van der Waals surface area (Å²) >= 11 is 0. The van der Waals surface area contributed by atoms with E-state index in [1.54, 1.807) is 6.07 Å². The van der Waals surface area contributed by atoms with Crippen LogP contribution >= 0.6 is 0 Å². The molecule has 0 saturated carbocycles. The molecule has 0 amide bonds. The van der Waals surface area contributed by atoms with Crippen molar-refractivity contribution in [1.29, 1.82) is 0 Å². The number of aliphatic hydroxyl groups excluding tert-OH is 1. The zero-order valence-electron chi connectivity index (χ0n) is 11.1. The zero-order chi connectivity index (χ0) is 15.2. The fourth-order valence-electron chi connectivity index (χ4n) is 1.73. The van der Waals surface area contributed by atoms with Crippen molar-refractivity contribution in [3.63, 3.8) is 0 Å². The molecule has 2 rings (SSSR count). The van der Waals surface area contributed by atoms with Crippen LogP contribution in [0.15, 0.2) is 40.1 Å². The number of halogens is 1. The molecule has 1 heterocycles. The van der Waals surface area contributed by atoms with Gasteiger partial charge in [0.2, 0.25) is 0 Å². The predicted octanol–water partition coefficient (Wildman–Crippen LogP) is 0.458. The van der Waals surface area contributed by atoms with Gasteiger partial charge in [0.05, 0.1) is 13.2 Å². The molecule has 0 bridgehead atoms. The van der Waals surface area contributed by atoms with E-state index in [0.29, 0.717) is 17.5 Å². The van der Waals surface area contributed by atoms with Crippen LogP contribution in [-0.2, 0) is 6.54 Å². The van der Waals surface area contributed by atoms with Crippen LogP contribution in [-0.4, -0.2) is 21.3 Å². The van der Waals surface area contributed by atoms with Gasteiger partial charge in [0.1, 0.15) is 5.82 Å². The van der Waals surface area contributed by atoms with Gasteiger partial charge in [-0.2, -0.15) is 0 Å². The third kappa shape index (κ3) is 3.91. The van der Waals surface area contributed by atoms with E-state index in [4.69, 9.17) is 5.11 Å². The molecule has 0 unspecified atom stereocenters. The molecule has 0 atom stereocenters. The number of hydrogen-bond acceptors (Lipinski definition) is 3. The fraction of sp³-hybridized carbons (Fsp3) is 0.200. The standard InChI is InChI=1S/C15H13FN2O3/c16-13-9-11(3-1-2-8-19)4-5-12(13)10-18-7-6-14(20)17-15(18)21/h4-7,9,19H,2,8,10H2,(H,17,20,21). The number of nitrogens with zero attached hydrogens (tertiary/aromatic N) is 1. The number of aromatic nitrogens is 2. The Hall–Kier alpha value is -2.65. The van der Waals surface area contributed by atoms with Gasteiger partial charge in [-0.15, -0.1) is 0 Å². The van der Waals surface area contributed by atoms with Crippen molar-refractivity contribution in [3.05, 3.63) is 68.2 Å². The van der Waals surface area contributed by atoms with Gasteiger partial charge in [0.25, 0.3) is 5.56 Å². The Morgan fingerprint density at radius 1 is 1.29 bits per heavy atom. The summed E-state index contributed by atoms with van der Waals surface area (Å²) in [5.74, 6) is 4.95. The molecule has 6 heteroatoms. The van der Waals surface area contributed by atoms with E-state index < -0.39 is 17.1 Å². The molecule has 0 aliphatic carbocycles. The average molecular weight is 288 g/mol. The highest BCUT2D eigenvalue weighted by Gasteiger charge is 2.05. The Balaban J connectivity index is 2.24. The van der Waals surface area contributed by atoms with Crippen LogP contribution in [0.25, 0.3) is 0 Å². The van der Waals surface area contributed by atoms with Crippen molar-refractivity contribution in [2.45, 2.75) is 13.0 Å². The number of aromatic amines is 1. The number of rotatable bonds is 3. The molecule has 0 saturated heterocycles. The number of hydrogen-bond donors (Lipinski definition) is 2. The number of nitrogens with one attached hydrogen (secondary N) is 1. The molecule has 2 aromatic rings. The van der Waals surface area contributed by atoms with E-state index in [9.17, 15) is 14.0 Å². The summed E-state index contributed by atoms with van der Waals surface area (Å²) in [5.41, 5.74) is -0.268. The van der Waals surface area contributed by atoms with E-state index in [1.165, 1.54) is 29.0 Å². The maximum Gasteiger partial charge on any atom is 0.328 e. The second-order valence-electron chi connectivity index (χ2n) is 4.32. The minimum atomic E-state index is -0.589. The first-order chi connectivity index (χ1) is 10.1. The predicted molar refractivity (Wildman–Crippen MR) is 75.4 cm³/mol. The Kier molecular flexibility index (Phi) is 4.69. The fourth-order valence-corrected chi connectivity index (χ4v) is 1.73. The smallest absolute Gasteiger partial charge is 0.328 e. The molecule has 108 valence electrons. The van der Waals surface area contributed by atoms with Crippen LogP contribution in [0.4, 0.5) is 4.39 Å². The summed E-state index contributed by atoms with van der Waals surface area (Å²) < 4.78 is 15.2. The van der Waals surface area contributed by atoms with Crippen molar-refractivity contribution in [2.75, 3.05) is 6.61 Å². The Morgan fingerprint density at radius 2 is 2.10 bits per heavy atom. The lowest BCUT2D eigenvalue weighted by Crippen LogP contribution is -2.29. The first kappa shape index (κ1) is 14.8. The lowest BCUT2D eigenvalue weighted by Gasteiger charge is -2.06. The molecular weight excluding hydrogens is 275 g/mol. The maximum atomic E-state index is 14.0. The van der Waals surface area contributed by atoms with Crippen LogP contribution in [0.1, 0.15) is 17.5 Å². The van der Waals surface area contributed by atoms with Crippen LogP contribution in [0.3, 0.4) is 0 Å². The highest BCUT2D eigenvalue weighted by molar-refractivity contribution is 5.37. The van der Waals surface area contributed by atoms with Gasteiger partial charge in [-0.1, -0.05) is 17.9 Å². The Labute approximate surface area is 119 Å². The molecule has 1 aromatic carbocycles. The number of aliphatic hydroxyl groups is 1. The SMILES string of the molecule is O=c1ccn(Cc2ccc(C#CCCO)cc2F)c(=O)[nH]1.